The Morgan fingerprint density at radius 2 is 2.11 bits per heavy atom. The monoisotopic (exact) mass is 269 g/mol. The maximum Gasteiger partial charge on any atom is 0.316 e. The average Bonchev–Trinajstić information content (AvgIpc) is 2.58. The highest BCUT2D eigenvalue weighted by atomic mass is 32.2. The second-order valence-electron chi connectivity index (χ2n) is 4.82. The maximum atomic E-state index is 12.1. The van der Waals surface area contributed by atoms with Crippen molar-refractivity contribution in [3.8, 4) is 6.01 Å². The Labute approximate surface area is 106 Å². The van der Waals surface area contributed by atoms with Crippen molar-refractivity contribution in [1.82, 2.24) is 15.3 Å². The van der Waals surface area contributed by atoms with Crippen LogP contribution in [0.15, 0.2) is 18.5 Å². The second kappa shape index (κ2) is 4.17. The molecule has 2 fully saturated rings. The fourth-order valence-electron chi connectivity index (χ4n) is 2.67. The molecule has 3 heterocycles. The van der Waals surface area contributed by atoms with Gasteiger partial charge in [-0.05, 0) is 12.5 Å². The van der Waals surface area contributed by atoms with Crippen molar-refractivity contribution in [2.75, 3.05) is 25.4 Å². The lowest BCUT2D eigenvalue weighted by Gasteiger charge is -2.42. The molecular formula is C11H15N3O3S. The molecule has 1 unspecified atom stereocenters. The van der Waals surface area contributed by atoms with Crippen LogP contribution in [0, 0.1) is 5.92 Å². The molecule has 1 atom stereocenters. The Hall–Kier alpha value is -1.21. The fourth-order valence-corrected chi connectivity index (χ4v) is 5.01. The highest BCUT2D eigenvalue weighted by Gasteiger charge is 2.58. The topological polar surface area (TPSA) is 81.2 Å². The minimum absolute atomic E-state index is 0.0348. The van der Waals surface area contributed by atoms with Crippen molar-refractivity contribution in [1.29, 1.82) is 0 Å². The van der Waals surface area contributed by atoms with Crippen LogP contribution in [0.3, 0.4) is 0 Å². The van der Waals surface area contributed by atoms with Crippen LogP contribution in [0.4, 0.5) is 0 Å². The van der Waals surface area contributed by atoms with Crippen molar-refractivity contribution >= 4 is 9.84 Å². The smallest absolute Gasteiger partial charge is 0.316 e. The van der Waals surface area contributed by atoms with Gasteiger partial charge in [0.25, 0.3) is 0 Å². The normalized spacial score (nSPS) is 27.9. The molecule has 18 heavy (non-hydrogen) atoms. The molecule has 1 aromatic rings. The van der Waals surface area contributed by atoms with Crippen molar-refractivity contribution in [2.24, 2.45) is 5.92 Å². The maximum absolute atomic E-state index is 12.1. The van der Waals surface area contributed by atoms with E-state index in [9.17, 15) is 8.42 Å². The van der Waals surface area contributed by atoms with Crippen LogP contribution in [0.5, 0.6) is 6.01 Å². The van der Waals surface area contributed by atoms with Crippen molar-refractivity contribution < 1.29 is 13.2 Å². The molecule has 2 aliphatic rings. The lowest BCUT2D eigenvalue weighted by Crippen LogP contribution is -2.66. The molecule has 0 bridgehead atoms. The zero-order valence-electron chi connectivity index (χ0n) is 9.87. The van der Waals surface area contributed by atoms with Gasteiger partial charge in [-0.25, -0.2) is 18.4 Å². The van der Waals surface area contributed by atoms with E-state index in [-0.39, 0.29) is 11.7 Å². The highest BCUT2D eigenvalue weighted by molar-refractivity contribution is 7.93. The van der Waals surface area contributed by atoms with Gasteiger partial charge in [-0.2, -0.15) is 0 Å². The summed E-state index contributed by atoms with van der Waals surface area (Å²) in [4.78, 5) is 7.94. The third-order valence-corrected chi connectivity index (χ3v) is 6.54. The van der Waals surface area contributed by atoms with Gasteiger partial charge in [0.2, 0.25) is 0 Å². The van der Waals surface area contributed by atoms with Gasteiger partial charge in [0, 0.05) is 31.4 Å². The summed E-state index contributed by atoms with van der Waals surface area (Å²) in [7, 11) is -2.99. The minimum Gasteiger partial charge on any atom is -0.463 e. The third-order valence-electron chi connectivity index (χ3n) is 3.90. The quantitative estimate of drug-likeness (QED) is 0.806. The number of rotatable bonds is 3. The number of hydrogen-bond acceptors (Lipinski definition) is 6. The first-order chi connectivity index (χ1) is 8.64. The zero-order valence-corrected chi connectivity index (χ0v) is 10.7. The number of aromatic nitrogens is 2. The van der Waals surface area contributed by atoms with E-state index in [2.05, 4.69) is 15.3 Å². The molecule has 0 saturated carbocycles. The molecule has 0 aromatic carbocycles. The SMILES string of the molecule is O=S1(=O)CCC(COc2ncccn2)C12CNC2. The number of nitrogens with one attached hydrogen (secondary N) is 1. The van der Waals surface area contributed by atoms with Crippen LogP contribution in [0.1, 0.15) is 6.42 Å². The standard InChI is InChI=1S/C11H15N3O3S/c15-18(16)5-2-9(11(18)7-12-8-11)6-17-10-13-3-1-4-14-10/h1,3-4,9,12H,2,5-8H2. The average molecular weight is 269 g/mol. The van der Waals surface area contributed by atoms with Gasteiger partial charge in [0.05, 0.1) is 12.4 Å². The van der Waals surface area contributed by atoms with Gasteiger partial charge >= 0.3 is 6.01 Å². The molecule has 1 aromatic heterocycles. The van der Waals surface area contributed by atoms with Crippen LogP contribution in [-0.4, -0.2) is 48.6 Å². The molecule has 0 aliphatic carbocycles. The van der Waals surface area contributed by atoms with Crippen molar-refractivity contribution in [3.63, 3.8) is 0 Å². The van der Waals surface area contributed by atoms with Gasteiger partial charge in [-0.15, -0.1) is 0 Å². The molecular weight excluding hydrogens is 254 g/mol. The molecule has 6 nitrogen and oxygen atoms in total. The summed E-state index contributed by atoms with van der Waals surface area (Å²) >= 11 is 0. The van der Waals surface area contributed by atoms with E-state index < -0.39 is 14.6 Å². The van der Waals surface area contributed by atoms with Crippen molar-refractivity contribution in [3.05, 3.63) is 18.5 Å². The number of nitrogens with zero attached hydrogens (tertiary/aromatic N) is 2. The summed E-state index contributed by atoms with van der Waals surface area (Å²) in [6, 6.07) is 2.02. The van der Waals surface area contributed by atoms with E-state index >= 15 is 0 Å². The molecule has 0 radical (unpaired) electrons. The van der Waals surface area contributed by atoms with Gasteiger partial charge < -0.3 is 10.1 Å². The lowest BCUT2D eigenvalue weighted by molar-refractivity contribution is 0.169. The minimum atomic E-state index is -2.99. The summed E-state index contributed by atoms with van der Waals surface area (Å²) in [6.45, 7) is 1.45. The van der Waals surface area contributed by atoms with Gasteiger partial charge in [0.15, 0.2) is 9.84 Å². The van der Waals surface area contributed by atoms with Crippen LogP contribution in [-0.2, 0) is 9.84 Å². The van der Waals surface area contributed by atoms with Gasteiger partial charge in [0.1, 0.15) is 4.75 Å². The number of ether oxygens (including phenoxy) is 1. The Kier molecular flexibility index (Phi) is 2.74. The van der Waals surface area contributed by atoms with Gasteiger partial charge in [-0.1, -0.05) is 0 Å². The summed E-state index contributed by atoms with van der Waals surface area (Å²) < 4.78 is 29.0. The molecule has 3 rings (SSSR count). The lowest BCUT2D eigenvalue weighted by atomic mass is 9.85. The van der Waals surface area contributed by atoms with E-state index in [4.69, 9.17) is 4.74 Å². The second-order valence-corrected chi connectivity index (χ2v) is 7.27. The Morgan fingerprint density at radius 1 is 1.39 bits per heavy atom. The number of sulfone groups is 1. The molecule has 7 heteroatoms. The van der Waals surface area contributed by atoms with Crippen LogP contribution in [0.25, 0.3) is 0 Å². The van der Waals surface area contributed by atoms with Crippen LogP contribution >= 0.6 is 0 Å². The van der Waals surface area contributed by atoms with E-state index in [1.807, 2.05) is 0 Å². The van der Waals surface area contributed by atoms with Crippen molar-refractivity contribution in [2.45, 2.75) is 11.2 Å². The first-order valence-electron chi connectivity index (χ1n) is 5.97. The summed E-state index contributed by atoms with van der Waals surface area (Å²) in [5.74, 6) is 0.297. The fraction of sp³-hybridized carbons (Fsp3) is 0.636. The predicted octanol–water partition coefficient (Wildman–Crippen LogP) is -0.368. The van der Waals surface area contributed by atoms with E-state index in [1.54, 1.807) is 18.5 Å². The highest BCUT2D eigenvalue weighted by Crippen LogP contribution is 2.40. The van der Waals surface area contributed by atoms with E-state index in [0.717, 1.165) is 0 Å². The molecule has 1 spiro atoms. The predicted molar refractivity (Wildman–Crippen MR) is 65.0 cm³/mol. The van der Waals surface area contributed by atoms with Gasteiger partial charge in [-0.3, -0.25) is 0 Å². The van der Waals surface area contributed by atoms with Crippen LogP contribution < -0.4 is 10.1 Å². The van der Waals surface area contributed by atoms with E-state index in [1.165, 1.54) is 0 Å². The molecule has 98 valence electrons. The zero-order chi connectivity index (χ0) is 12.6. The number of hydrogen-bond donors (Lipinski definition) is 1. The summed E-state index contributed by atoms with van der Waals surface area (Å²) in [6.07, 6.45) is 3.87. The Bertz CT molecular complexity index is 528. The Morgan fingerprint density at radius 3 is 2.72 bits per heavy atom. The Balaban J connectivity index is 1.71. The molecule has 1 N–H and O–H groups in total. The summed E-state index contributed by atoms with van der Waals surface area (Å²) in [5.41, 5.74) is 0. The summed E-state index contributed by atoms with van der Waals surface area (Å²) in [5, 5.41) is 3.06. The first kappa shape index (κ1) is 11.9. The molecule has 2 aliphatic heterocycles. The molecule has 0 amide bonds. The van der Waals surface area contributed by atoms with E-state index in [0.29, 0.717) is 32.1 Å². The van der Waals surface area contributed by atoms with Crippen LogP contribution in [0.2, 0.25) is 0 Å². The third kappa shape index (κ3) is 1.69. The first-order valence-corrected chi connectivity index (χ1v) is 7.62. The largest absolute Gasteiger partial charge is 0.463 e. The molecule has 2 saturated heterocycles.